The number of nitrogens with one attached hydrogen (secondary N) is 1. The highest BCUT2D eigenvalue weighted by Crippen LogP contribution is 2.11. The van der Waals surface area contributed by atoms with Gasteiger partial charge in [0.15, 0.2) is 0 Å². The third-order valence-electron chi connectivity index (χ3n) is 4.15. The molecule has 1 saturated heterocycles. The Morgan fingerprint density at radius 2 is 2.11 bits per heavy atom. The van der Waals surface area contributed by atoms with Gasteiger partial charge in [-0.2, -0.15) is 0 Å². The molecule has 1 fully saturated rings. The van der Waals surface area contributed by atoms with E-state index >= 15 is 0 Å². The van der Waals surface area contributed by atoms with Crippen molar-refractivity contribution in [3.05, 3.63) is 35.9 Å². The second-order valence-corrected chi connectivity index (χ2v) is 5.97. The maximum Gasteiger partial charge on any atom is 0.0235 e. The molecular weight excluding hydrogens is 232 g/mol. The Morgan fingerprint density at radius 3 is 2.84 bits per heavy atom. The van der Waals surface area contributed by atoms with Gasteiger partial charge in [0.05, 0.1) is 0 Å². The summed E-state index contributed by atoms with van der Waals surface area (Å²) in [6.07, 6.45) is 3.72. The van der Waals surface area contributed by atoms with Crippen LogP contribution in [0.4, 0.5) is 0 Å². The summed E-state index contributed by atoms with van der Waals surface area (Å²) in [6.45, 7) is 9.52. The van der Waals surface area contributed by atoms with E-state index in [1.807, 2.05) is 0 Å². The fraction of sp³-hybridized carbons (Fsp3) is 0.647. The number of nitrogens with zero attached hydrogens (tertiary/aromatic N) is 1. The van der Waals surface area contributed by atoms with Gasteiger partial charge in [-0.1, -0.05) is 50.6 Å². The molecule has 1 N–H and O–H groups in total. The van der Waals surface area contributed by atoms with Gasteiger partial charge < -0.3 is 10.2 Å². The highest BCUT2D eigenvalue weighted by atomic mass is 15.2. The van der Waals surface area contributed by atoms with E-state index in [1.165, 1.54) is 38.0 Å². The second kappa shape index (κ2) is 7.66. The Balaban J connectivity index is 1.89. The van der Waals surface area contributed by atoms with Crippen molar-refractivity contribution < 1.29 is 0 Å². The number of benzene rings is 1. The smallest absolute Gasteiger partial charge is 0.0235 e. The van der Waals surface area contributed by atoms with Crippen LogP contribution >= 0.6 is 0 Å². The molecule has 2 nitrogen and oxygen atoms in total. The van der Waals surface area contributed by atoms with E-state index in [9.17, 15) is 0 Å². The lowest BCUT2D eigenvalue weighted by molar-refractivity contribution is 0.230. The van der Waals surface area contributed by atoms with E-state index < -0.39 is 0 Å². The first kappa shape index (κ1) is 14.5. The molecule has 0 amide bonds. The zero-order valence-corrected chi connectivity index (χ0v) is 12.4. The largest absolute Gasteiger partial charge is 0.312 e. The highest BCUT2D eigenvalue weighted by molar-refractivity contribution is 5.16. The number of rotatable bonds is 5. The van der Waals surface area contributed by atoms with Crippen LogP contribution in [0.2, 0.25) is 0 Å². The minimum absolute atomic E-state index is 0.606. The maximum absolute atomic E-state index is 3.71. The van der Waals surface area contributed by atoms with Gasteiger partial charge in [-0.25, -0.2) is 0 Å². The summed E-state index contributed by atoms with van der Waals surface area (Å²) in [6, 6.07) is 11.5. The van der Waals surface area contributed by atoms with Gasteiger partial charge in [0.1, 0.15) is 0 Å². The summed E-state index contributed by atoms with van der Waals surface area (Å²) < 4.78 is 0. The van der Waals surface area contributed by atoms with Crippen LogP contribution in [0.15, 0.2) is 30.3 Å². The lowest BCUT2D eigenvalue weighted by Crippen LogP contribution is -2.40. The van der Waals surface area contributed by atoms with Gasteiger partial charge in [-0.15, -0.1) is 0 Å². The van der Waals surface area contributed by atoms with Crippen LogP contribution in [-0.2, 0) is 6.42 Å². The van der Waals surface area contributed by atoms with Gasteiger partial charge in [0.25, 0.3) is 0 Å². The van der Waals surface area contributed by atoms with Crippen molar-refractivity contribution in [2.45, 2.75) is 39.2 Å². The van der Waals surface area contributed by atoms with Gasteiger partial charge in [-0.05, 0) is 37.4 Å². The van der Waals surface area contributed by atoms with Crippen molar-refractivity contribution in [1.82, 2.24) is 10.2 Å². The third kappa shape index (κ3) is 4.96. The SMILES string of the molecule is CCC(C)CN1CCCNC(Cc2ccccc2)C1. The van der Waals surface area contributed by atoms with Crippen LogP contribution in [0.5, 0.6) is 0 Å². The molecule has 0 aromatic heterocycles. The zero-order valence-electron chi connectivity index (χ0n) is 12.4. The molecule has 0 radical (unpaired) electrons. The van der Waals surface area contributed by atoms with Crippen LogP contribution in [0, 0.1) is 5.92 Å². The molecule has 1 aliphatic rings. The summed E-state index contributed by atoms with van der Waals surface area (Å²) in [5.41, 5.74) is 1.45. The van der Waals surface area contributed by atoms with E-state index in [4.69, 9.17) is 0 Å². The normalized spacial score (nSPS) is 22.9. The van der Waals surface area contributed by atoms with E-state index in [1.54, 1.807) is 0 Å². The quantitative estimate of drug-likeness (QED) is 0.875. The first-order chi connectivity index (χ1) is 9.28. The van der Waals surface area contributed by atoms with Crippen molar-refractivity contribution in [1.29, 1.82) is 0 Å². The van der Waals surface area contributed by atoms with Crippen molar-refractivity contribution in [3.63, 3.8) is 0 Å². The predicted octanol–water partition coefficient (Wildman–Crippen LogP) is 2.94. The summed E-state index contributed by atoms with van der Waals surface area (Å²) in [5.74, 6) is 0.815. The third-order valence-corrected chi connectivity index (χ3v) is 4.15. The van der Waals surface area contributed by atoms with Crippen LogP contribution in [0.3, 0.4) is 0 Å². The molecule has 2 unspecified atom stereocenters. The van der Waals surface area contributed by atoms with Crippen molar-refractivity contribution in [3.8, 4) is 0 Å². The van der Waals surface area contributed by atoms with E-state index in [0.717, 1.165) is 18.9 Å². The monoisotopic (exact) mass is 260 g/mol. The molecule has 2 rings (SSSR count). The minimum Gasteiger partial charge on any atom is -0.312 e. The van der Waals surface area contributed by atoms with Crippen LogP contribution in [0.1, 0.15) is 32.3 Å². The average molecular weight is 260 g/mol. The Hall–Kier alpha value is -0.860. The van der Waals surface area contributed by atoms with Crippen molar-refractivity contribution in [2.24, 2.45) is 5.92 Å². The number of hydrogen-bond donors (Lipinski definition) is 1. The van der Waals surface area contributed by atoms with E-state index in [-0.39, 0.29) is 0 Å². The van der Waals surface area contributed by atoms with Crippen LogP contribution in [-0.4, -0.2) is 37.1 Å². The molecule has 1 aromatic carbocycles. The molecule has 0 aliphatic carbocycles. The van der Waals surface area contributed by atoms with Crippen molar-refractivity contribution in [2.75, 3.05) is 26.2 Å². The Kier molecular flexibility index (Phi) is 5.87. The van der Waals surface area contributed by atoms with E-state index in [2.05, 4.69) is 54.4 Å². The molecule has 1 heterocycles. The summed E-state index contributed by atoms with van der Waals surface area (Å²) in [5, 5.41) is 3.71. The zero-order chi connectivity index (χ0) is 13.5. The minimum atomic E-state index is 0.606. The molecule has 106 valence electrons. The fourth-order valence-electron chi connectivity index (χ4n) is 2.85. The Bertz CT molecular complexity index is 350. The molecule has 0 bridgehead atoms. The average Bonchev–Trinajstić information content (AvgIpc) is 2.65. The molecule has 1 aliphatic heterocycles. The molecule has 0 saturated carbocycles. The molecule has 2 atom stereocenters. The summed E-state index contributed by atoms with van der Waals surface area (Å²) in [7, 11) is 0. The molecule has 0 spiro atoms. The fourth-order valence-corrected chi connectivity index (χ4v) is 2.85. The lowest BCUT2D eigenvalue weighted by Gasteiger charge is -2.26. The predicted molar refractivity (Wildman–Crippen MR) is 82.4 cm³/mol. The van der Waals surface area contributed by atoms with Gasteiger partial charge in [0, 0.05) is 19.1 Å². The Morgan fingerprint density at radius 1 is 1.32 bits per heavy atom. The van der Waals surface area contributed by atoms with E-state index in [0.29, 0.717) is 6.04 Å². The maximum atomic E-state index is 3.71. The van der Waals surface area contributed by atoms with Crippen LogP contribution < -0.4 is 5.32 Å². The topological polar surface area (TPSA) is 15.3 Å². The molecule has 2 heteroatoms. The number of hydrogen-bond acceptors (Lipinski definition) is 2. The first-order valence-corrected chi connectivity index (χ1v) is 7.77. The Labute approximate surface area is 118 Å². The summed E-state index contributed by atoms with van der Waals surface area (Å²) >= 11 is 0. The molecule has 1 aromatic rings. The second-order valence-electron chi connectivity index (χ2n) is 5.97. The van der Waals surface area contributed by atoms with Gasteiger partial charge in [-0.3, -0.25) is 0 Å². The van der Waals surface area contributed by atoms with Gasteiger partial charge >= 0.3 is 0 Å². The lowest BCUT2D eigenvalue weighted by atomic mass is 10.0. The highest BCUT2D eigenvalue weighted by Gasteiger charge is 2.18. The molecular formula is C17H28N2. The van der Waals surface area contributed by atoms with Gasteiger partial charge in [0.2, 0.25) is 0 Å². The molecule has 19 heavy (non-hydrogen) atoms. The summed E-state index contributed by atoms with van der Waals surface area (Å²) in [4.78, 5) is 2.65. The standard InChI is InChI=1S/C17H28N2/c1-3-15(2)13-19-11-7-10-18-17(14-19)12-16-8-5-4-6-9-16/h4-6,8-9,15,17-18H,3,7,10-14H2,1-2H3. The first-order valence-electron chi connectivity index (χ1n) is 7.77. The van der Waals surface area contributed by atoms with Crippen molar-refractivity contribution >= 4 is 0 Å². The van der Waals surface area contributed by atoms with Crippen LogP contribution in [0.25, 0.3) is 0 Å².